The Morgan fingerprint density at radius 2 is 1.94 bits per heavy atom. The monoisotopic (exact) mass is 476 g/mol. The first-order valence-corrected chi connectivity index (χ1v) is 10.6. The molecule has 0 spiro atoms. The number of carbonyl (C=O) groups excluding carboxylic acids is 2. The molecule has 0 aliphatic heterocycles. The van der Waals surface area contributed by atoms with E-state index in [-0.39, 0.29) is 29.7 Å². The van der Waals surface area contributed by atoms with Crippen molar-refractivity contribution in [1.82, 2.24) is 5.32 Å². The molecule has 1 saturated carbocycles. The first kappa shape index (κ1) is 23.8. The summed E-state index contributed by atoms with van der Waals surface area (Å²) >= 11 is 0. The van der Waals surface area contributed by atoms with Crippen LogP contribution in [0.5, 0.6) is 5.75 Å². The minimum Gasteiger partial charge on any atom is -0.510 e. The second-order valence-corrected chi connectivity index (χ2v) is 9.15. The Labute approximate surface area is 194 Å². The van der Waals surface area contributed by atoms with E-state index in [1.54, 1.807) is 25.1 Å². The van der Waals surface area contributed by atoms with Crippen LogP contribution in [0.1, 0.15) is 17.5 Å². The highest BCUT2D eigenvalue weighted by atomic mass is 16.4. The Balaban J connectivity index is 1.96. The standard InChI is InChI=1S/C22H28N4O8/c1-26(2)11-5-10(23)16(28)13-8(11)3-7-4-9-15(25-6-27)18(30)14(21(24)33)20(32)22(9,34)19(31)12(7)17(13)29/h5,7,9,15,20,25,27-30,32,34H,3-4,6,23H2,1-2H3,(H2,24,33)/t7-,9-,15+,20?,22-/m0/s1. The molecule has 34 heavy (non-hydrogen) atoms. The smallest absolute Gasteiger partial charge is 0.250 e. The highest BCUT2D eigenvalue weighted by Crippen LogP contribution is 2.54. The van der Waals surface area contributed by atoms with Crippen LogP contribution in [0.2, 0.25) is 0 Å². The number of fused-ring (bicyclic) bond motifs is 3. The van der Waals surface area contributed by atoms with Gasteiger partial charge in [0.1, 0.15) is 23.4 Å². The number of aliphatic hydroxyl groups excluding tert-OH is 4. The number of benzene rings is 1. The van der Waals surface area contributed by atoms with Crippen LogP contribution in [-0.4, -0.2) is 80.9 Å². The average molecular weight is 476 g/mol. The molecule has 1 fully saturated rings. The fourth-order valence-corrected chi connectivity index (χ4v) is 5.65. The van der Waals surface area contributed by atoms with Gasteiger partial charge in [-0.15, -0.1) is 0 Å². The van der Waals surface area contributed by atoms with Crippen molar-refractivity contribution in [3.05, 3.63) is 34.1 Å². The molecule has 1 aromatic carbocycles. The normalized spacial score (nSPS) is 30.6. The van der Waals surface area contributed by atoms with Crippen molar-refractivity contribution in [3.8, 4) is 5.75 Å². The molecule has 12 nitrogen and oxygen atoms in total. The van der Waals surface area contributed by atoms with Crippen molar-refractivity contribution in [3.63, 3.8) is 0 Å². The molecule has 1 amide bonds. The van der Waals surface area contributed by atoms with E-state index in [2.05, 4.69) is 5.32 Å². The van der Waals surface area contributed by atoms with Gasteiger partial charge in [0.25, 0.3) is 5.91 Å². The number of carbonyl (C=O) groups is 2. The van der Waals surface area contributed by atoms with E-state index >= 15 is 0 Å². The zero-order valence-corrected chi connectivity index (χ0v) is 18.6. The van der Waals surface area contributed by atoms with Gasteiger partial charge in [0.15, 0.2) is 11.4 Å². The summed E-state index contributed by atoms with van der Waals surface area (Å²) in [6, 6.07) is 0.268. The maximum Gasteiger partial charge on any atom is 0.250 e. The molecule has 3 aliphatic carbocycles. The van der Waals surface area contributed by atoms with Crippen LogP contribution in [0.25, 0.3) is 5.76 Å². The Morgan fingerprint density at radius 1 is 1.29 bits per heavy atom. The summed E-state index contributed by atoms with van der Waals surface area (Å²) in [6.07, 6.45) is -2.04. The number of aromatic hydroxyl groups is 1. The fourth-order valence-electron chi connectivity index (χ4n) is 5.65. The molecule has 0 radical (unpaired) electrons. The molecule has 4 rings (SSSR count). The SMILES string of the molecule is CN(C)c1cc(N)c(O)c2c1C[C@H]1C[C@H]3[C@@H](NCO)C(O)=C(C(N)=O)C(O)[C@@]3(O)C(=O)C1=C2O. The van der Waals surface area contributed by atoms with E-state index in [1.807, 2.05) is 0 Å². The number of aliphatic hydroxyl groups is 5. The van der Waals surface area contributed by atoms with Gasteiger partial charge in [-0.3, -0.25) is 14.9 Å². The molecular weight excluding hydrogens is 448 g/mol. The van der Waals surface area contributed by atoms with Gasteiger partial charge in [0.05, 0.1) is 29.6 Å². The zero-order chi connectivity index (χ0) is 25.3. The predicted octanol–water partition coefficient (Wildman–Crippen LogP) is -1.62. The van der Waals surface area contributed by atoms with Crippen molar-refractivity contribution in [1.29, 1.82) is 0 Å². The number of ketones is 1. The first-order valence-electron chi connectivity index (χ1n) is 10.6. The van der Waals surface area contributed by atoms with Gasteiger partial charge in [0.2, 0.25) is 0 Å². The topological polar surface area (TPSA) is 223 Å². The number of rotatable bonds is 4. The Kier molecular flexibility index (Phi) is 5.52. The third-order valence-corrected chi connectivity index (χ3v) is 7.20. The largest absolute Gasteiger partial charge is 0.510 e. The molecule has 0 bridgehead atoms. The number of hydrogen-bond acceptors (Lipinski definition) is 11. The zero-order valence-electron chi connectivity index (χ0n) is 18.6. The number of nitrogens with two attached hydrogens (primary N) is 2. The summed E-state index contributed by atoms with van der Waals surface area (Å²) in [5, 5.41) is 66.7. The van der Waals surface area contributed by atoms with Crippen LogP contribution < -0.4 is 21.7 Å². The maximum atomic E-state index is 13.7. The number of Topliss-reactive ketones (excluding diaryl/α,β-unsaturated/α-hetero) is 1. The third kappa shape index (κ3) is 2.99. The van der Waals surface area contributed by atoms with Crippen LogP contribution in [-0.2, 0) is 16.0 Å². The van der Waals surface area contributed by atoms with Crippen molar-refractivity contribution in [2.45, 2.75) is 30.6 Å². The second kappa shape index (κ2) is 7.87. The Hall–Kier alpha value is -3.32. The summed E-state index contributed by atoms with van der Waals surface area (Å²) in [6.45, 7) is -0.670. The molecule has 0 aromatic heterocycles. The number of nitrogens with one attached hydrogen (secondary N) is 1. The number of primary amides is 1. The van der Waals surface area contributed by atoms with Crippen LogP contribution in [0, 0.1) is 11.8 Å². The van der Waals surface area contributed by atoms with E-state index in [0.29, 0.717) is 11.3 Å². The molecule has 0 saturated heterocycles. The van der Waals surface area contributed by atoms with E-state index in [9.17, 15) is 40.2 Å². The number of nitrogen functional groups attached to an aromatic ring is 1. The molecule has 11 N–H and O–H groups in total. The maximum absolute atomic E-state index is 13.7. The summed E-state index contributed by atoms with van der Waals surface area (Å²) in [4.78, 5) is 27.4. The van der Waals surface area contributed by atoms with Crippen molar-refractivity contribution in [2.75, 3.05) is 31.5 Å². The number of phenolic OH excluding ortho intramolecular Hbond substituents is 1. The molecule has 1 aromatic rings. The van der Waals surface area contributed by atoms with Gasteiger partial charge in [-0.2, -0.15) is 0 Å². The number of hydrogen-bond donors (Lipinski definition) is 9. The lowest BCUT2D eigenvalue weighted by atomic mass is 9.56. The molecule has 12 heteroatoms. The first-order chi connectivity index (χ1) is 15.9. The summed E-state index contributed by atoms with van der Waals surface area (Å²) < 4.78 is 0. The van der Waals surface area contributed by atoms with E-state index in [4.69, 9.17) is 11.5 Å². The minimum absolute atomic E-state index is 0.0239. The third-order valence-electron chi connectivity index (χ3n) is 7.20. The Morgan fingerprint density at radius 3 is 2.50 bits per heavy atom. The lowest BCUT2D eigenvalue weighted by molar-refractivity contribution is -0.167. The molecule has 0 heterocycles. The highest BCUT2D eigenvalue weighted by Gasteiger charge is 2.64. The molecule has 3 aliphatic rings. The summed E-state index contributed by atoms with van der Waals surface area (Å²) in [5.41, 5.74) is 8.62. The molecule has 5 atom stereocenters. The van der Waals surface area contributed by atoms with Gasteiger partial charge < -0.3 is 47.0 Å². The van der Waals surface area contributed by atoms with Gasteiger partial charge in [-0.25, -0.2) is 0 Å². The second-order valence-electron chi connectivity index (χ2n) is 9.15. The van der Waals surface area contributed by atoms with E-state index < -0.39 is 70.8 Å². The van der Waals surface area contributed by atoms with Gasteiger partial charge in [-0.1, -0.05) is 0 Å². The van der Waals surface area contributed by atoms with Gasteiger partial charge in [0, 0.05) is 31.3 Å². The van der Waals surface area contributed by atoms with Crippen LogP contribution >= 0.6 is 0 Å². The van der Waals surface area contributed by atoms with E-state index in [1.165, 1.54) is 0 Å². The number of anilines is 2. The molecule has 184 valence electrons. The quantitative estimate of drug-likeness (QED) is 0.136. The van der Waals surface area contributed by atoms with Gasteiger partial charge >= 0.3 is 0 Å². The molecular formula is C22H28N4O8. The highest BCUT2D eigenvalue weighted by molar-refractivity contribution is 6.11. The predicted molar refractivity (Wildman–Crippen MR) is 121 cm³/mol. The van der Waals surface area contributed by atoms with Crippen molar-refractivity contribution >= 4 is 28.8 Å². The lowest BCUT2D eigenvalue weighted by Gasteiger charge is -2.51. The summed E-state index contributed by atoms with van der Waals surface area (Å²) in [7, 11) is 3.50. The number of nitrogens with zero attached hydrogens (tertiary/aromatic N) is 1. The van der Waals surface area contributed by atoms with Crippen LogP contribution in [0.4, 0.5) is 11.4 Å². The molecule has 1 unspecified atom stereocenters. The Bertz CT molecular complexity index is 1160. The average Bonchev–Trinajstić information content (AvgIpc) is 2.75. The number of amides is 1. The van der Waals surface area contributed by atoms with Crippen molar-refractivity contribution < 1.29 is 40.2 Å². The van der Waals surface area contributed by atoms with E-state index in [0.717, 1.165) is 0 Å². The fraction of sp³-hybridized carbons (Fsp3) is 0.455. The number of phenols is 1. The van der Waals surface area contributed by atoms with Crippen molar-refractivity contribution in [2.24, 2.45) is 17.6 Å². The van der Waals surface area contributed by atoms with Crippen LogP contribution in [0.15, 0.2) is 23.0 Å². The van der Waals surface area contributed by atoms with Crippen LogP contribution in [0.3, 0.4) is 0 Å². The van der Waals surface area contributed by atoms with Gasteiger partial charge in [-0.05, 0) is 30.4 Å². The minimum atomic E-state index is -2.65. The summed E-state index contributed by atoms with van der Waals surface area (Å²) in [5.74, 6) is -5.88. The lowest BCUT2D eigenvalue weighted by Crippen LogP contribution is -2.69.